The number of thiazole rings is 1. The molecule has 8 heteroatoms. The van der Waals surface area contributed by atoms with Gasteiger partial charge in [0.05, 0.1) is 43.1 Å². The average Bonchev–Trinajstić information content (AvgIpc) is 3.25. The SMILES string of the molecule is O=C(CCc1ccccc1)N(Cc1nc2c(c(=O)[nH]1)COCC2)Cc1cncs1. The smallest absolute Gasteiger partial charge is 0.256 e. The van der Waals surface area contributed by atoms with E-state index in [-0.39, 0.29) is 18.0 Å². The van der Waals surface area contributed by atoms with Crippen LogP contribution in [-0.4, -0.2) is 32.4 Å². The number of hydrogen-bond acceptors (Lipinski definition) is 6. The molecule has 1 aromatic carbocycles. The molecule has 4 rings (SSSR count). The van der Waals surface area contributed by atoms with Crippen LogP contribution in [0.15, 0.2) is 46.8 Å². The van der Waals surface area contributed by atoms with E-state index in [9.17, 15) is 9.59 Å². The van der Waals surface area contributed by atoms with Gasteiger partial charge < -0.3 is 14.6 Å². The number of fused-ring (bicyclic) bond motifs is 1. The van der Waals surface area contributed by atoms with Crippen LogP contribution in [0.5, 0.6) is 0 Å². The van der Waals surface area contributed by atoms with Crippen LogP contribution in [0, 0.1) is 0 Å². The lowest BCUT2D eigenvalue weighted by Crippen LogP contribution is -2.33. The van der Waals surface area contributed by atoms with E-state index in [1.54, 1.807) is 16.6 Å². The number of aryl methyl sites for hydroxylation is 1. The highest BCUT2D eigenvalue weighted by Gasteiger charge is 2.20. The normalized spacial score (nSPS) is 13.1. The molecule has 1 N–H and O–H groups in total. The largest absolute Gasteiger partial charge is 0.376 e. The highest BCUT2D eigenvalue weighted by atomic mass is 32.1. The highest BCUT2D eigenvalue weighted by molar-refractivity contribution is 7.09. The highest BCUT2D eigenvalue weighted by Crippen LogP contribution is 2.16. The summed E-state index contributed by atoms with van der Waals surface area (Å²) in [6, 6.07) is 9.95. The van der Waals surface area contributed by atoms with Crippen LogP contribution in [0.2, 0.25) is 0 Å². The third-order valence-electron chi connectivity index (χ3n) is 4.87. The summed E-state index contributed by atoms with van der Waals surface area (Å²) >= 11 is 1.51. The van der Waals surface area contributed by atoms with Crippen LogP contribution < -0.4 is 5.56 Å². The monoisotopic (exact) mass is 410 g/mol. The van der Waals surface area contributed by atoms with Gasteiger partial charge in [-0.3, -0.25) is 14.6 Å². The van der Waals surface area contributed by atoms with Gasteiger partial charge in [0.1, 0.15) is 5.82 Å². The summed E-state index contributed by atoms with van der Waals surface area (Å²) < 4.78 is 5.35. The van der Waals surface area contributed by atoms with Crippen molar-refractivity contribution in [1.82, 2.24) is 19.9 Å². The first-order valence-electron chi connectivity index (χ1n) is 9.57. The molecule has 0 fully saturated rings. The lowest BCUT2D eigenvalue weighted by Gasteiger charge is -2.23. The molecule has 7 nitrogen and oxygen atoms in total. The Balaban J connectivity index is 1.51. The molecule has 0 saturated heterocycles. The van der Waals surface area contributed by atoms with E-state index in [2.05, 4.69) is 15.0 Å². The van der Waals surface area contributed by atoms with Crippen molar-refractivity contribution >= 4 is 17.2 Å². The Kier molecular flexibility index (Phi) is 6.12. The van der Waals surface area contributed by atoms with Gasteiger partial charge in [0.25, 0.3) is 5.56 Å². The number of hydrogen-bond donors (Lipinski definition) is 1. The number of nitrogens with one attached hydrogen (secondary N) is 1. The Morgan fingerprint density at radius 2 is 2.10 bits per heavy atom. The number of aromatic nitrogens is 3. The summed E-state index contributed by atoms with van der Waals surface area (Å²) in [7, 11) is 0. The maximum absolute atomic E-state index is 13.0. The molecule has 0 unspecified atom stereocenters. The van der Waals surface area contributed by atoms with Gasteiger partial charge in [0, 0.05) is 23.9 Å². The van der Waals surface area contributed by atoms with E-state index in [4.69, 9.17) is 4.74 Å². The van der Waals surface area contributed by atoms with E-state index >= 15 is 0 Å². The van der Waals surface area contributed by atoms with Gasteiger partial charge in [-0.1, -0.05) is 30.3 Å². The van der Waals surface area contributed by atoms with Crippen LogP contribution in [0.1, 0.15) is 33.9 Å². The number of benzene rings is 1. The number of carbonyl (C=O) groups excluding carboxylic acids is 1. The minimum atomic E-state index is -0.181. The minimum Gasteiger partial charge on any atom is -0.376 e. The summed E-state index contributed by atoms with van der Waals surface area (Å²) in [5.74, 6) is 0.527. The van der Waals surface area contributed by atoms with Crippen LogP contribution >= 0.6 is 11.3 Å². The molecule has 150 valence electrons. The first-order chi connectivity index (χ1) is 14.2. The Labute approximate surface area is 172 Å². The van der Waals surface area contributed by atoms with Gasteiger partial charge in [-0.05, 0) is 12.0 Å². The maximum atomic E-state index is 13.0. The predicted octanol–water partition coefficient (Wildman–Crippen LogP) is 2.46. The van der Waals surface area contributed by atoms with Gasteiger partial charge in [-0.2, -0.15) is 0 Å². The van der Waals surface area contributed by atoms with E-state index in [1.807, 2.05) is 30.3 Å². The molecule has 1 amide bonds. The van der Waals surface area contributed by atoms with Crippen molar-refractivity contribution in [2.75, 3.05) is 6.61 Å². The molecular weight excluding hydrogens is 388 g/mol. The van der Waals surface area contributed by atoms with E-state index in [0.29, 0.717) is 50.4 Å². The molecule has 2 aromatic heterocycles. The molecule has 1 aliphatic heterocycles. The van der Waals surface area contributed by atoms with Crippen molar-refractivity contribution in [2.45, 2.75) is 39.0 Å². The number of aromatic amines is 1. The van der Waals surface area contributed by atoms with Crippen LogP contribution in [0.4, 0.5) is 0 Å². The number of ether oxygens (including phenoxy) is 1. The Morgan fingerprint density at radius 1 is 1.24 bits per heavy atom. The predicted molar refractivity (Wildman–Crippen MR) is 109 cm³/mol. The Hall–Kier alpha value is -2.84. The molecule has 0 atom stereocenters. The van der Waals surface area contributed by atoms with E-state index in [1.165, 1.54) is 11.3 Å². The Bertz CT molecular complexity index is 1020. The molecular formula is C21H22N4O3S. The zero-order chi connectivity index (χ0) is 20.1. The average molecular weight is 410 g/mol. The van der Waals surface area contributed by atoms with Crippen LogP contribution in [0.3, 0.4) is 0 Å². The van der Waals surface area contributed by atoms with Crippen LogP contribution in [-0.2, 0) is 42.1 Å². The summed E-state index contributed by atoms with van der Waals surface area (Å²) in [6.07, 6.45) is 3.45. The molecule has 3 heterocycles. The number of rotatable bonds is 7. The minimum absolute atomic E-state index is 0.0194. The van der Waals surface area contributed by atoms with Gasteiger partial charge in [-0.25, -0.2) is 4.98 Å². The zero-order valence-corrected chi connectivity index (χ0v) is 16.8. The third-order valence-corrected chi connectivity index (χ3v) is 5.64. The number of nitrogens with zero attached hydrogens (tertiary/aromatic N) is 3. The summed E-state index contributed by atoms with van der Waals surface area (Å²) in [5.41, 5.74) is 4.05. The first kappa shape index (κ1) is 19.5. The second-order valence-electron chi connectivity index (χ2n) is 6.94. The van der Waals surface area contributed by atoms with E-state index < -0.39 is 0 Å². The maximum Gasteiger partial charge on any atom is 0.256 e. The van der Waals surface area contributed by atoms with E-state index in [0.717, 1.165) is 16.1 Å². The first-order valence-corrected chi connectivity index (χ1v) is 10.4. The Morgan fingerprint density at radius 3 is 2.90 bits per heavy atom. The summed E-state index contributed by atoms with van der Waals surface area (Å²) in [4.78, 5) is 39.6. The van der Waals surface area contributed by atoms with Gasteiger partial charge in [-0.15, -0.1) is 11.3 Å². The van der Waals surface area contributed by atoms with Crippen LogP contribution in [0.25, 0.3) is 0 Å². The number of H-pyrrole nitrogens is 1. The third kappa shape index (κ3) is 4.96. The summed E-state index contributed by atoms with van der Waals surface area (Å²) in [5, 5.41) is 0. The molecule has 29 heavy (non-hydrogen) atoms. The van der Waals surface area contributed by atoms with Crippen molar-refractivity contribution in [2.24, 2.45) is 0 Å². The standard InChI is InChI=1S/C21H22N4O3S/c26-20(7-6-15-4-2-1-3-5-15)25(11-16-10-22-14-29-16)12-19-23-18-8-9-28-13-17(18)21(27)24-19/h1-5,10,14H,6-9,11-13H2,(H,23,24,27). The van der Waals surface area contributed by atoms with Gasteiger partial charge in [0.2, 0.25) is 5.91 Å². The quantitative estimate of drug-likeness (QED) is 0.646. The lowest BCUT2D eigenvalue weighted by molar-refractivity contribution is -0.132. The molecule has 0 bridgehead atoms. The fourth-order valence-corrected chi connectivity index (χ4v) is 3.95. The molecule has 0 saturated carbocycles. The molecule has 0 aliphatic carbocycles. The molecule has 0 spiro atoms. The van der Waals surface area contributed by atoms with Gasteiger partial charge >= 0.3 is 0 Å². The van der Waals surface area contributed by atoms with Crippen molar-refractivity contribution in [1.29, 1.82) is 0 Å². The van der Waals surface area contributed by atoms with Crippen molar-refractivity contribution in [3.05, 3.63) is 79.9 Å². The second-order valence-corrected chi connectivity index (χ2v) is 7.91. The van der Waals surface area contributed by atoms with Crippen molar-refractivity contribution < 1.29 is 9.53 Å². The lowest BCUT2D eigenvalue weighted by atomic mass is 10.1. The van der Waals surface area contributed by atoms with Gasteiger partial charge in [0.15, 0.2) is 0 Å². The topological polar surface area (TPSA) is 88.2 Å². The zero-order valence-electron chi connectivity index (χ0n) is 16.0. The molecule has 1 aliphatic rings. The summed E-state index contributed by atoms with van der Waals surface area (Å²) in [6.45, 7) is 1.55. The fraction of sp³-hybridized carbons (Fsp3) is 0.333. The molecule has 3 aromatic rings. The number of amides is 1. The fourth-order valence-electron chi connectivity index (χ4n) is 3.34. The van der Waals surface area contributed by atoms with Crippen molar-refractivity contribution in [3.8, 4) is 0 Å². The van der Waals surface area contributed by atoms with Crippen molar-refractivity contribution in [3.63, 3.8) is 0 Å². The molecule has 0 radical (unpaired) electrons. The second kappa shape index (κ2) is 9.11. The number of carbonyl (C=O) groups is 1.